The molecular formula is C11H14INO2. The number of anilines is 1. The fourth-order valence-corrected chi connectivity index (χ4v) is 1.39. The second kappa shape index (κ2) is 6.66. The number of amides is 1. The Labute approximate surface area is 103 Å². The van der Waals surface area contributed by atoms with Crippen LogP contribution in [0.5, 0.6) is 5.75 Å². The summed E-state index contributed by atoms with van der Waals surface area (Å²) < 4.78 is 6.59. The second-order valence-electron chi connectivity index (χ2n) is 3.10. The summed E-state index contributed by atoms with van der Waals surface area (Å²) in [5.41, 5.74) is 0.795. The number of rotatable bonds is 5. The molecule has 0 saturated carbocycles. The fraction of sp³-hybridized carbons (Fsp3) is 0.364. The first-order valence-electron chi connectivity index (χ1n) is 4.79. The Bertz CT molecular complexity index is 311. The highest BCUT2D eigenvalue weighted by atomic mass is 127. The number of halogens is 1. The van der Waals surface area contributed by atoms with Gasteiger partial charge in [0.25, 0.3) is 0 Å². The topological polar surface area (TPSA) is 38.3 Å². The van der Waals surface area contributed by atoms with Crippen LogP contribution in [-0.4, -0.2) is 16.9 Å². The molecule has 1 rings (SSSR count). The van der Waals surface area contributed by atoms with Crippen molar-refractivity contribution in [3.05, 3.63) is 24.3 Å². The van der Waals surface area contributed by atoms with Crippen molar-refractivity contribution in [3.63, 3.8) is 0 Å². The van der Waals surface area contributed by atoms with E-state index >= 15 is 0 Å². The zero-order valence-corrected chi connectivity index (χ0v) is 10.8. The van der Waals surface area contributed by atoms with Gasteiger partial charge in [-0.05, 0) is 30.7 Å². The van der Waals surface area contributed by atoms with Crippen LogP contribution in [0, 0.1) is 0 Å². The van der Waals surface area contributed by atoms with Crippen LogP contribution in [0.25, 0.3) is 0 Å². The maximum atomic E-state index is 10.8. The van der Waals surface area contributed by atoms with E-state index in [-0.39, 0.29) is 5.91 Å². The summed E-state index contributed by atoms with van der Waals surface area (Å²) >= 11 is 2.32. The molecule has 1 N–H and O–H groups in total. The van der Waals surface area contributed by atoms with E-state index in [0.29, 0.717) is 0 Å². The van der Waals surface area contributed by atoms with Crippen molar-refractivity contribution in [1.82, 2.24) is 0 Å². The quantitative estimate of drug-likeness (QED) is 0.515. The van der Waals surface area contributed by atoms with E-state index < -0.39 is 0 Å². The molecule has 0 atom stereocenters. The highest BCUT2D eigenvalue weighted by molar-refractivity contribution is 14.1. The smallest absolute Gasteiger partial charge is 0.221 e. The first-order chi connectivity index (χ1) is 7.22. The molecule has 3 nitrogen and oxygen atoms in total. The van der Waals surface area contributed by atoms with Gasteiger partial charge in [-0.2, -0.15) is 0 Å². The molecule has 0 aliphatic carbocycles. The first-order valence-corrected chi connectivity index (χ1v) is 6.31. The monoisotopic (exact) mass is 319 g/mol. The van der Waals surface area contributed by atoms with E-state index in [1.165, 1.54) is 6.92 Å². The van der Waals surface area contributed by atoms with Crippen molar-refractivity contribution in [1.29, 1.82) is 0 Å². The molecule has 0 bridgehead atoms. The third kappa shape index (κ3) is 5.01. The molecule has 0 unspecified atom stereocenters. The minimum Gasteiger partial charge on any atom is -0.494 e. The number of alkyl halides is 1. The van der Waals surface area contributed by atoms with Gasteiger partial charge in [0.15, 0.2) is 0 Å². The summed E-state index contributed by atoms with van der Waals surface area (Å²) in [7, 11) is 0. The lowest BCUT2D eigenvalue weighted by atomic mass is 10.3. The molecule has 0 spiro atoms. The van der Waals surface area contributed by atoms with E-state index in [1.54, 1.807) is 0 Å². The van der Waals surface area contributed by atoms with Gasteiger partial charge in [-0.1, -0.05) is 22.6 Å². The number of carbonyl (C=O) groups excluding carboxylic acids is 1. The first kappa shape index (κ1) is 12.3. The zero-order valence-electron chi connectivity index (χ0n) is 8.63. The number of carbonyl (C=O) groups is 1. The molecule has 15 heavy (non-hydrogen) atoms. The van der Waals surface area contributed by atoms with E-state index in [9.17, 15) is 4.79 Å². The molecule has 1 amide bonds. The SMILES string of the molecule is CC(=O)Nc1ccc(OCCCI)cc1. The molecule has 0 saturated heterocycles. The predicted molar refractivity (Wildman–Crippen MR) is 69.7 cm³/mol. The molecule has 0 aliphatic heterocycles. The molecule has 1 aromatic carbocycles. The molecule has 0 fully saturated rings. The van der Waals surface area contributed by atoms with Gasteiger partial charge >= 0.3 is 0 Å². The summed E-state index contributed by atoms with van der Waals surface area (Å²) in [6.45, 7) is 2.23. The molecule has 82 valence electrons. The molecule has 4 heteroatoms. The van der Waals surface area contributed by atoms with Gasteiger partial charge in [0.2, 0.25) is 5.91 Å². The van der Waals surface area contributed by atoms with Gasteiger partial charge in [-0.3, -0.25) is 4.79 Å². The van der Waals surface area contributed by atoms with Gasteiger partial charge in [-0.15, -0.1) is 0 Å². The van der Waals surface area contributed by atoms with Crippen LogP contribution >= 0.6 is 22.6 Å². The third-order valence-electron chi connectivity index (χ3n) is 1.72. The largest absolute Gasteiger partial charge is 0.494 e. The second-order valence-corrected chi connectivity index (χ2v) is 4.18. The van der Waals surface area contributed by atoms with Crippen LogP contribution in [0.4, 0.5) is 5.69 Å². The Morgan fingerprint density at radius 3 is 2.60 bits per heavy atom. The van der Waals surface area contributed by atoms with Crippen molar-refractivity contribution in [3.8, 4) is 5.75 Å². The van der Waals surface area contributed by atoms with Crippen LogP contribution < -0.4 is 10.1 Å². The Kier molecular flexibility index (Phi) is 5.45. The van der Waals surface area contributed by atoms with Gasteiger partial charge in [0.05, 0.1) is 6.61 Å². The van der Waals surface area contributed by atoms with Crippen molar-refractivity contribution >= 4 is 34.2 Å². The highest BCUT2D eigenvalue weighted by Gasteiger charge is 1.96. The van der Waals surface area contributed by atoms with Crippen LogP contribution in [0.15, 0.2) is 24.3 Å². The maximum Gasteiger partial charge on any atom is 0.221 e. The van der Waals surface area contributed by atoms with E-state index in [0.717, 1.165) is 28.9 Å². The lowest BCUT2D eigenvalue weighted by molar-refractivity contribution is -0.114. The highest BCUT2D eigenvalue weighted by Crippen LogP contribution is 2.15. The van der Waals surface area contributed by atoms with Gasteiger partial charge < -0.3 is 10.1 Å². The molecule has 1 aromatic rings. The number of ether oxygens (including phenoxy) is 1. The van der Waals surface area contributed by atoms with E-state index in [1.807, 2.05) is 24.3 Å². The normalized spacial score (nSPS) is 9.73. The van der Waals surface area contributed by atoms with E-state index in [2.05, 4.69) is 27.9 Å². The Morgan fingerprint density at radius 2 is 2.07 bits per heavy atom. The van der Waals surface area contributed by atoms with Crippen molar-refractivity contribution < 1.29 is 9.53 Å². The minimum atomic E-state index is -0.0615. The molecule has 0 aromatic heterocycles. The summed E-state index contributed by atoms with van der Waals surface area (Å²) in [4.78, 5) is 10.8. The number of hydrogen-bond donors (Lipinski definition) is 1. The lowest BCUT2D eigenvalue weighted by Gasteiger charge is -2.06. The van der Waals surface area contributed by atoms with Gasteiger partial charge in [0, 0.05) is 17.0 Å². The van der Waals surface area contributed by atoms with Crippen LogP contribution in [0.3, 0.4) is 0 Å². The summed E-state index contributed by atoms with van der Waals surface area (Å²) in [5.74, 6) is 0.780. The van der Waals surface area contributed by atoms with Crippen molar-refractivity contribution in [2.75, 3.05) is 16.4 Å². The zero-order chi connectivity index (χ0) is 11.1. The molecule has 0 radical (unpaired) electrons. The van der Waals surface area contributed by atoms with E-state index in [4.69, 9.17) is 4.74 Å². The standard InChI is InChI=1S/C11H14INO2/c1-9(14)13-10-3-5-11(6-4-10)15-8-2-7-12/h3-6H,2,7-8H2,1H3,(H,13,14). The lowest BCUT2D eigenvalue weighted by Crippen LogP contribution is -2.05. The average molecular weight is 319 g/mol. The Balaban J connectivity index is 2.45. The van der Waals surface area contributed by atoms with Crippen molar-refractivity contribution in [2.45, 2.75) is 13.3 Å². The third-order valence-corrected chi connectivity index (χ3v) is 2.48. The summed E-state index contributed by atoms with van der Waals surface area (Å²) in [5, 5.41) is 2.70. The average Bonchev–Trinajstić information content (AvgIpc) is 2.20. The van der Waals surface area contributed by atoms with Gasteiger partial charge in [-0.25, -0.2) is 0 Å². The molecule has 0 aliphatic rings. The minimum absolute atomic E-state index is 0.0615. The van der Waals surface area contributed by atoms with Crippen molar-refractivity contribution in [2.24, 2.45) is 0 Å². The van der Waals surface area contributed by atoms with Crippen LogP contribution in [-0.2, 0) is 4.79 Å². The Hall–Kier alpha value is -0.780. The number of nitrogens with one attached hydrogen (secondary N) is 1. The van der Waals surface area contributed by atoms with Crippen LogP contribution in [0.2, 0.25) is 0 Å². The number of hydrogen-bond acceptors (Lipinski definition) is 2. The predicted octanol–water partition coefficient (Wildman–Crippen LogP) is 2.85. The van der Waals surface area contributed by atoms with Crippen LogP contribution in [0.1, 0.15) is 13.3 Å². The Morgan fingerprint density at radius 1 is 1.40 bits per heavy atom. The molecular weight excluding hydrogens is 305 g/mol. The number of benzene rings is 1. The molecule has 0 heterocycles. The maximum absolute atomic E-state index is 10.8. The fourth-order valence-electron chi connectivity index (χ4n) is 1.08. The summed E-state index contributed by atoms with van der Waals surface area (Å²) in [6, 6.07) is 7.39. The van der Waals surface area contributed by atoms with Gasteiger partial charge in [0.1, 0.15) is 5.75 Å². The summed E-state index contributed by atoms with van der Waals surface area (Å²) in [6.07, 6.45) is 1.05.